The SMILES string of the molecule is C=CC(N)=O.CC(N)C(=O)O. The van der Waals surface area contributed by atoms with Crippen molar-refractivity contribution in [3.05, 3.63) is 12.7 Å². The number of hydrogen-bond donors (Lipinski definition) is 3. The molecule has 0 saturated heterocycles. The van der Waals surface area contributed by atoms with E-state index < -0.39 is 17.9 Å². The van der Waals surface area contributed by atoms with E-state index in [0.717, 1.165) is 6.08 Å². The highest BCUT2D eigenvalue weighted by atomic mass is 16.4. The highest BCUT2D eigenvalue weighted by Gasteiger charge is 1.99. The van der Waals surface area contributed by atoms with Gasteiger partial charge in [0.1, 0.15) is 6.04 Å². The summed E-state index contributed by atoms with van der Waals surface area (Å²) >= 11 is 0. The van der Waals surface area contributed by atoms with Gasteiger partial charge in [-0.15, -0.1) is 0 Å². The van der Waals surface area contributed by atoms with Gasteiger partial charge in [0, 0.05) is 0 Å². The molecule has 0 saturated carbocycles. The number of primary amides is 1. The molecule has 0 radical (unpaired) electrons. The fourth-order valence-corrected chi connectivity index (χ4v) is 0. The Labute approximate surface area is 64.7 Å². The molecule has 5 heteroatoms. The van der Waals surface area contributed by atoms with Gasteiger partial charge in [-0.3, -0.25) is 9.59 Å². The predicted molar refractivity (Wildman–Crippen MR) is 40.7 cm³/mol. The summed E-state index contributed by atoms with van der Waals surface area (Å²) in [5.41, 5.74) is 9.37. The second kappa shape index (κ2) is 6.76. The summed E-state index contributed by atoms with van der Waals surface area (Å²) in [6.45, 7) is 4.50. The van der Waals surface area contributed by atoms with Crippen LogP contribution in [0.25, 0.3) is 0 Å². The molecule has 64 valence electrons. The van der Waals surface area contributed by atoms with Crippen LogP contribution in [0.15, 0.2) is 12.7 Å². The van der Waals surface area contributed by atoms with Gasteiger partial charge in [0.05, 0.1) is 0 Å². The zero-order chi connectivity index (χ0) is 9.44. The van der Waals surface area contributed by atoms with E-state index in [2.05, 4.69) is 12.3 Å². The standard InChI is InChI=1S/C3H7NO2.C3H5NO/c1-2(4)3(5)6;1-2-3(4)5/h2H,4H2,1H3,(H,5,6);2H,1H2,(H2,4,5). The number of amides is 1. The molecule has 5 nitrogen and oxygen atoms in total. The zero-order valence-corrected chi connectivity index (χ0v) is 6.28. The molecule has 0 aromatic heterocycles. The molecule has 0 bridgehead atoms. The van der Waals surface area contributed by atoms with Crippen molar-refractivity contribution < 1.29 is 14.7 Å². The largest absolute Gasteiger partial charge is 0.480 e. The summed E-state index contributed by atoms with van der Waals surface area (Å²) in [6, 6.07) is -0.731. The van der Waals surface area contributed by atoms with E-state index in [9.17, 15) is 9.59 Å². The van der Waals surface area contributed by atoms with Gasteiger partial charge in [-0.1, -0.05) is 6.58 Å². The molecule has 0 aliphatic rings. The van der Waals surface area contributed by atoms with E-state index in [0.29, 0.717) is 0 Å². The number of carbonyl (C=O) groups excluding carboxylic acids is 1. The van der Waals surface area contributed by atoms with E-state index in [1.165, 1.54) is 6.92 Å². The van der Waals surface area contributed by atoms with Crippen LogP contribution in [0.5, 0.6) is 0 Å². The predicted octanol–water partition coefficient (Wildman–Crippen LogP) is -0.924. The molecule has 1 atom stereocenters. The maximum Gasteiger partial charge on any atom is 0.320 e. The van der Waals surface area contributed by atoms with Crippen LogP contribution in [0.2, 0.25) is 0 Å². The van der Waals surface area contributed by atoms with Crippen molar-refractivity contribution in [3.63, 3.8) is 0 Å². The van der Waals surface area contributed by atoms with Gasteiger partial charge in [0.15, 0.2) is 0 Å². The third-order valence-corrected chi connectivity index (χ3v) is 0.591. The summed E-state index contributed by atoms with van der Waals surface area (Å²) in [5.74, 6) is -1.44. The molecule has 0 aliphatic carbocycles. The highest BCUT2D eigenvalue weighted by Crippen LogP contribution is 1.68. The minimum absolute atomic E-state index is 0.481. The lowest BCUT2D eigenvalue weighted by atomic mass is 10.4. The minimum Gasteiger partial charge on any atom is -0.480 e. The molecular weight excluding hydrogens is 148 g/mol. The summed E-state index contributed by atoms with van der Waals surface area (Å²) in [6.07, 6.45) is 1.06. The van der Waals surface area contributed by atoms with Crippen LogP contribution in [0.3, 0.4) is 0 Å². The van der Waals surface area contributed by atoms with Crippen molar-refractivity contribution in [1.29, 1.82) is 0 Å². The summed E-state index contributed by atoms with van der Waals surface area (Å²) < 4.78 is 0. The molecule has 0 rings (SSSR count). The molecule has 0 aromatic carbocycles. The molecule has 1 unspecified atom stereocenters. The molecule has 11 heavy (non-hydrogen) atoms. The average Bonchev–Trinajstić information content (AvgIpc) is 1.89. The zero-order valence-electron chi connectivity index (χ0n) is 6.28. The molecule has 0 fully saturated rings. The van der Waals surface area contributed by atoms with Crippen molar-refractivity contribution in [2.75, 3.05) is 0 Å². The van der Waals surface area contributed by atoms with Crippen LogP contribution in [0, 0.1) is 0 Å². The second-order valence-corrected chi connectivity index (χ2v) is 1.73. The first-order valence-corrected chi connectivity index (χ1v) is 2.82. The molecular formula is C6H12N2O3. The number of aliphatic carboxylic acids is 1. The van der Waals surface area contributed by atoms with Crippen LogP contribution in [-0.4, -0.2) is 23.0 Å². The average molecular weight is 160 g/mol. The maximum atomic E-state index is 9.57. The quantitative estimate of drug-likeness (QED) is 0.454. The Morgan fingerprint density at radius 2 is 1.82 bits per heavy atom. The van der Waals surface area contributed by atoms with E-state index in [1.807, 2.05) is 0 Å². The summed E-state index contributed by atoms with van der Waals surface area (Å²) in [7, 11) is 0. The maximum absolute atomic E-state index is 9.57. The Balaban J connectivity index is 0. The molecule has 1 amide bonds. The first-order chi connectivity index (χ1) is 4.91. The van der Waals surface area contributed by atoms with Crippen LogP contribution in [-0.2, 0) is 9.59 Å². The van der Waals surface area contributed by atoms with Crippen LogP contribution in [0.1, 0.15) is 6.92 Å². The number of carboxylic acid groups (broad SMARTS) is 1. The van der Waals surface area contributed by atoms with Gasteiger partial charge in [0.2, 0.25) is 5.91 Å². The van der Waals surface area contributed by atoms with Gasteiger partial charge in [-0.25, -0.2) is 0 Å². The van der Waals surface area contributed by atoms with Crippen LogP contribution >= 0.6 is 0 Å². The Morgan fingerprint density at radius 3 is 1.82 bits per heavy atom. The summed E-state index contributed by atoms with van der Waals surface area (Å²) in [5, 5.41) is 7.87. The van der Waals surface area contributed by atoms with Gasteiger partial charge < -0.3 is 16.6 Å². The van der Waals surface area contributed by atoms with Crippen molar-refractivity contribution in [2.24, 2.45) is 11.5 Å². The smallest absolute Gasteiger partial charge is 0.320 e. The minimum atomic E-state index is -0.963. The fraction of sp³-hybridized carbons (Fsp3) is 0.333. The first kappa shape index (κ1) is 12.3. The van der Waals surface area contributed by atoms with Gasteiger partial charge in [0.25, 0.3) is 0 Å². The number of nitrogens with two attached hydrogens (primary N) is 2. The Kier molecular flexibility index (Phi) is 7.57. The van der Waals surface area contributed by atoms with E-state index in [4.69, 9.17) is 10.8 Å². The lowest BCUT2D eigenvalue weighted by molar-refractivity contribution is -0.138. The van der Waals surface area contributed by atoms with Crippen molar-refractivity contribution in [3.8, 4) is 0 Å². The molecule has 5 N–H and O–H groups in total. The third-order valence-electron chi connectivity index (χ3n) is 0.591. The van der Waals surface area contributed by atoms with Crippen molar-refractivity contribution in [1.82, 2.24) is 0 Å². The third kappa shape index (κ3) is 17.7. The molecule has 0 heterocycles. The number of carboxylic acids is 1. The monoisotopic (exact) mass is 160 g/mol. The molecule has 0 aliphatic heterocycles. The highest BCUT2D eigenvalue weighted by molar-refractivity contribution is 5.84. The fourth-order valence-electron chi connectivity index (χ4n) is 0. The lowest BCUT2D eigenvalue weighted by Crippen LogP contribution is -2.25. The van der Waals surface area contributed by atoms with Crippen LogP contribution < -0.4 is 11.5 Å². The van der Waals surface area contributed by atoms with Crippen molar-refractivity contribution in [2.45, 2.75) is 13.0 Å². The van der Waals surface area contributed by atoms with E-state index >= 15 is 0 Å². The van der Waals surface area contributed by atoms with Gasteiger partial charge in [-0.05, 0) is 13.0 Å². The number of hydrogen-bond acceptors (Lipinski definition) is 3. The first-order valence-electron chi connectivity index (χ1n) is 2.82. The van der Waals surface area contributed by atoms with E-state index in [-0.39, 0.29) is 0 Å². The summed E-state index contributed by atoms with van der Waals surface area (Å²) in [4.78, 5) is 19.0. The molecule has 0 aromatic rings. The number of rotatable bonds is 2. The second-order valence-electron chi connectivity index (χ2n) is 1.73. The van der Waals surface area contributed by atoms with Crippen molar-refractivity contribution >= 4 is 11.9 Å². The Morgan fingerprint density at radius 1 is 1.64 bits per heavy atom. The van der Waals surface area contributed by atoms with E-state index in [1.54, 1.807) is 0 Å². The van der Waals surface area contributed by atoms with Gasteiger partial charge in [-0.2, -0.15) is 0 Å². The Bertz CT molecular complexity index is 154. The molecule has 0 spiro atoms. The Hall–Kier alpha value is -1.36. The topological polar surface area (TPSA) is 106 Å². The van der Waals surface area contributed by atoms with Gasteiger partial charge >= 0.3 is 5.97 Å². The number of carbonyl (C=O) groups is 2. The van der Waals surface area contributed by atoms with Crippen LogP contribution in [0.4, 0.5) is 0 Å². The lowest BCUT2D eigenvalue weighted by Gasteiger charge is -1.90. The normalized spacial score (nSPS) is 10.4.